The lowest BCUT2D eigenvalue weighted by Gasteiger charge is -2.42. The highest BCUT2D eigenvalue weighted by molar-refractivity contribution is 5.85. The zero-order valence-electron chi connectivity index (χ0n) is 8.92. The first-order chi connectivity index (χ1) is 5.56. The third-order valence-electron chi connectivity index (χ3n) is 4.82. The minimum Gasteiger partial charge on any atom is -0.327 e. The topological polar surface area (TPSA) is 26.0 Å². The van der Waals surface area contributed by atoms with E-state index in [0.29, 0.717) is 11.5 Å². The van der Waals surface area contributed by atoms with Gasteiger partial charge < -0.3 is 5.73 Å². The van der Waals surface area contributed by atoms with Gasteiger partial charge in [-0.05, 0) is 42.4 Å². The lowest BCUT2D eigenvalue weighted by molar-refractivity contribution is 0.0930. The Morgan fingerprint density at radius 3 is 2.23 bits per heavy atom. The molecule has 2 heteroatoms. The molecule has 0 saturated heterocycles. The number of hydrogen-bond acceptors (Lipinski definition) is 1. The lowest BCUT2D eigenvalue weighted by atomic mass is 9.65. The summed E-state index contributed by atoms with van der Waals surface area (Å²) >= 11 is 0. The first-order valence-electron chi connectivity index (χ1n) is 5.32. The Hall–Kier alpha value is 0.250. The van der Waals surface area contributed by atoms with Crippen LogP contribution in [0.25, 0.3) is 0 Å². The molecular formula is C11H22ClN. The predicted octanol–water partition coefficient (Wildman–Crippen LogP) is 2.83. The van der Waals surface area contributed by atoms with E-state index in [1.165, 1.54) is 19.3 Å². The van der Waals surface area contributed by atoms with Crippen LogP contribution in [0.5, 0.6) is 0 Å². The molecule has 4 atom stereocenters. The van der Waals surface area contributed by atoms with Crippen molar-refractivity contribution in [2.75, 3.05) is 0 Å². The maximum atomic E-state index is 6.30. The van der Waals surface area contributed by atoms with Crippen LogP contribution in [0.4, 0.5) is 0 Å². The Labute approximate surface area is 87.9 Å². The van der Waals surface area contributed by atoms with Crippen LogP contribution in [0.3, 0.4) is 0 Å². The van der Waals surface area contributed by atoms with Crippen LogP contribution in [0, 0.1) is 23.2 Å². The molecule has 2 bridgehead atoms. The molecule has 0 heterocycles. The molecule has 0 radical (unpaired) electrons. The van der Waals surface area contributed by atoms with Crippen molar-refractivity contribution < 1.29 is 0 Å². The number of nitrogens with two attached hydrogens (primary N) is 1. The molecule has 0 spiro atoms. The molecule has 1 nitrogen and oxygen atoms in total. The molecule has 4 unspecified atom stereocenters. The molecule has 0 aromatic heterocycles. The Morgan fingerprint density at radius 1 is 1.31 bits per heavy atom. The summed E-state index contributed by atoms with van der Waals surface area (Å²) in [5.41, 5.74) is 6.75. The van der Waals surface area contributed by atoms with Crippen LogP contribution in [0.1, 0.15) is 40.0 Å². The van der Waals surface area contributed by atoms with Gasteiger partial charge in [0.15, 0.2) is 0 Å². The maximum absolute atomic E-state index is 6.30. The summed E-state index contributed by atoms with van der Waals surface area (Å²) in [5, 5.41) is 0. The molecular weight excluding hydrogens is 182 g/mol. The smallest absolute Gasteiger partial charge is 0.0127 e. The molecule has 0 aromatic carbocycles. The Morgan fingerprint density at radius 2 is 1.92 bits per heavy atom. The normalized spacial score (nSPS) is 48.2. The molecule has 2 saturated carbocycles. The fourth-order valence-electron chi connectivity index (χ4n) is 3.54. The van der Waals surface area contributed by atoms with Crippen LogP contribution < -0.4 is 5.73 Å². The standard InChI is InChI=1S/C11H21N.ClH/c1-7(2)11(3)9-5-4-8(6-9)10(11)12;/h7-10H,4-6,12H2,1-3H3;1H. The molecule has 78 valence electrons. The van der Waals surface area contributed by atoms with E-state index >= 15 is 0 Å². The molecule has 2 aliphatic rings. The summed E-state index contributed by atoms with van der Waals surface area (Å²) in [6.07, 6.45) is 4.25. The van der Waals surface area contributed by atoms with Crippen molar-refractivity contribution in [2.45, 2.75) is 46.1 Å². The molecule has 0 aliphatic heterocycles. The van der Waals surface area contributed by atoms with Gasteiger partial charge in [0, 0.05) is 6.04 Å². The van der Waals surface area contributed by atoms with E-state index in [9.17, 15) is 0 Å². The zero-order chi connectivity index (χ0) is 8.93. The fraction of sp³-hybridized carbons (Fsp3) is 1.00. The molecule has 2 rings (SSSR count). The van der Waals surface area contributed by atoms with Crippen LogP contribution >= 0.6 is 12.4 Å². The van der Waals surface area contributed by atoms with Gasteiger partial charge in [0.25, 0.3) is 0 Å². The summed E-state index contributed by atoms with van der Waals surface area (Å²) in [5.74, 6) is 2.53. The van der Waals surface area contributed by atoms with E-state index in [0.717, 1.165) is 17.8 Å². The number of halogens is 1. The van der Waals surface area contributed by atoms with Crippen LogP contribution in [-0.2, 0) is 0 Å². The summed E-state index contributed by atoms with van der Waals surface area (Å²) in [6, 6.07) is 0.483. The van der Waals surface area contributed by atoms with E-state index in [1.807, 2.05) is 0 Å². The molecule has 2 fully saturated rings. The number of rotatable bonds is 1. The van der Waals surface area contributed by atoms with E-state index in [-0.39, 0.29) is 12.4 Å². The first kappa shape index (κ1) is 11.3. The molecule has 13 heavy (non-hydrogen) atoms. The van der Waals surface area contributed by atoms with Gasteiger partial charge in [-0.1, -0.05) is 20.8 Å². The SMILES string of the molecule is CC(C)C1(C)C2CCC(C2)C1N.Cl. The highest BCUT2D eigenvalue weighted by Crippen LogP contribution is 2.58. The second-order valence-corrected chi connectivity index (χ2v) is 5.32. The Kier molecular flexibility index (Phi) is 2.99. The largest absolute Gasteiger partial charge is 0.327 e. The average Bonchev–Trinajstić information content (AvgIpc) is 2.55. The number of fused-ring (bicyclic) bond motifs is 2. The summed E-state index contributed by atoms with van der Waals surface area (Å²) in [6.45, 7) is 7.08. The second-order valence-electron chi connectivity index (χ2n) is 5.32. The van der Waals surface area contributed by atoms with Crippen LogP contribution in [-0.4, -0.2) is 6.04 Å². The van der Waals surface area contributed by atoms with Crippen molar-refractivity contribution in [1.29, 1.82) is 0 Å². The average molecular weight is 204 g/mol. The van der Waals surface area contributed by atoms with Gasteiger partial charge in [-0.2, -0.15) is 0 Å². The summed E-state index contributed by atoms with van der Waals surface area (Å²) in [7, 11) is 0. The third kappa shape index (κ3) is 1.32. The summed E-state index contributed by atoms with van der Waals surface area (Å²) in [4.78, 5) is 0. The molecule has 2 N–H and O–H groups in total. The predicted molar refractivity (Wildman–Crippen MR) is 59.0 cm³/mol. The highest BCUT2D eigenvalue weighted by Gasteiger charge is 2.54. The third-order valence-corrected chi connectivity index (χ3v) is 4.82. The molecule has 2 aliphatic carbocycles. The van der Waals surface area contributed by atoms with E-state index < -0.39 is 0 Å². The molecule has 0 amide bonds. The Bertz CT molecular complexity index is 189. The zero-order valence-corrected chi connectivity index (χ0v) is 9.73. The van der Waals surface area contributed by atoms with E-state index in [2.05, 4.69) is 20.8 Å². The summed E-state index contributed by atoms with van der Waals surface area (Å²) < 4.78 is 0. The van der Waals surface area contributed by atoms with Gasteiger partial charge in [0.1, 0.15) is 0 Å². The van der Waals surface area contributed by atoms with Crippen molar-refractivity contribution in [3.63, 3.8) is 0 Å². The monoisotopic (exact) mass is 203 g/mol. The Balaban J connectivity index is 0.000000845. The molecule has 0 aromatic rings. The van der Waals surface area contributed by atoms with Gasteiger partial charge in [-0.25, -0.2) is 0 Å². The lowest BCUT2D eigenvalue weighted by Crippen LogP contribution is -2.47. The van der Waals surface area contributed by atoms with Gasteiger partial charge in [0.2, 0.25) is 0 Å². The first-order valence-corrected chi connectivity index (χ1v) is 5.32. The fourth-order valence-corrected chi connectivity index (χ4v) is 3.54. The number of hydrogen-bond donors (Lipinski definition) is 1. The van der Waals surface area contributed by atoms with Gasteiger partial charge >= 0.3 is 0 Å². The van der Waals surface area contributed by atoms with Gasteiger partial charge in [-0.15, -0.1) is 12.4 Å². The van der Waals surface area contributed by atoms with Crippen molar-refractivity contribution >= 4 is 12.4 Å². The van der Waals surface area contributed by atoms with Crippen molar-refractivity contribution in [2.24, 2.45) is 28.9 Å². The highest BCUT2D eigenvalue weighted by atomic mass is 35.5. The minimum absolute atomic E-state index is 0. The van der Waals surface area contributed by atoms with Crippen molar-refractivity contribution in [3.05, 3.63) is 0 Å². The van der Waals surface area contributed by atoms with Crippen molar-refractivity contribution in [3.8, 4) is 0 Å². The minimum atomic E-state index is 0. The quantitative estimate of drug-likeness (QED) is 0.697. The maximum Gasteiger partial charge on any atom is 0.0127 e. The van der Waals surface area contributed by atoms with Crippen LogP contribution in [0.2, 0.25) is 0 Å². The second kappa shape index (κ2) is 3.43. The van der Waals surface area contributed by atoms with Gasteiger partial charge in [0.05, 0.1) is 0 Å². The van der Waals surface area contributed by atoms with E-state index in [4.69, 9.17) is 5.73 Å². The van der Waals surface area contributed by atoms with Crippen molar-refractivity contribution in [1.82, 2.24) is 0 Å². The van der Waals surface area contributed by atoms with Gasteiger partial charge in [-0.3, -0.25) is 0 Å². The van der Waals surface area contributed by atoms with E-state index in [1.54, 1.807) is 0 Å². The van der Waals surface area contributed by atoms with Crippen LogP contribution in [0.15, 0.2) is 0 Å².